The number of hydrogen-bond acceptors (Lipinski definition) is 4. The largest absolute Gasteiger partial charge is 0.496 e. The van der Waals surface area contributed by atoms with Crippen molar-refractivity contribution in [3.63, 3.8) is 0 Å². The van der Waals surface area contributed by atoms with Crippen LogP contribution in [0.5, 0.6) is 5.75 Å². The second-order valence-electron chi connectivity index (χ2n) is 6.21. The summed E-state index contributed by atoms with van der Waals surface area (Å²) >= 11 is 0. The predicted molar refractivity (Wildman–Crippen MR) is 83.2 cm³/mol. The van der Waals surface area contributed by atoms with Crippen LogP contribution in [-0.2, 0) is 5.41 Å². The van der Waals surface area contributed by atoms with E-state index in [1.54, 1.807) is 7.11 Å². The number of nitrogens with two attached hydrogens (primary N) is 1. The second-order valence-corrected chi connectivity index (χ2v) is 6.21. The Labute approximate surface area is 122 Å². The average Bonchev–Trinajstić information content (AvgIpc) is 2.42. The molecule has 114 valence electrons. The summed E-state index contributed by atoms with van der Waals surface area (Å²) in [5.41, 5.74) is 7.93. The van der Waals surface area contributed by atoms with Crippen molar-refractivity contribution in [2.45, 2.75) is 44.8 Å². The number of methoxy groups -OCH3 is 1. The first-order valence-corrected chi connectivity index (χ1v) is 7.08. The van der Waals surface area contributed by atoms with E-state index in [-0.39, 0.29) is 11.5 Å². The third-order valence-electron chi connectivity index (χ3n) is 3.51. The molecule has 1 aromatic rings. The monoisotopic (exact) mass is 280 g/mol. The molecule has 2 atom stereocenters. The molecule has 4 heteroatoms. The molecule has 1 aromatic carbocycles. The predicted octanol–water partition coefficient (Wildman–Crippen LogP) is 1.96. The molecule has 0 aromatic heterocycles. The van der Waals surface area contributed by atoms with Gasteiger partial charge in [-0.3, -0.25) is 0 Å². The molecule has 0 heterocycles. The molecule has 0 bridgehead atoms. The van der Waals surface area contributed by atoms with E-state index in [0.29, 0.717) is 0 Å². The minimum absolute atomic E-state index is 0.0455. The Kier molecular flexibility index (Phi) is 5.99. The summed E-state index contributed by atoms with van der Waals surface area (Å²) in [4.78, 5) is 0. The first kappa shape index (κ1) is 17.0. The minimum Gasteiger partial charge on any atom is -0.496 e. The Morgan fingerprint density at radius 2 is 2.00 bits per heavy atom. The highest BCUT2D eigenvalue weighted by molar-refractivity contribution is 5.42. The highest BCUT2D eigenvalue weighted by Gasteiger charge is 2.23. The van der Waals surface area contributed by atoms with Gasteiger partial charge in [-0.2, -0.15) is 0 Å². The lowest BCUT2D eigenvalue weighted by molar-refractivity contribution is 0.142. The van der Waals surface area contributed by atoms with Gasteiger partial charge in [0, 0.05) is 6.04 Å². The molecular formula is C16H28N2O2. The zero-order chi connectivity index (χ0) is 15.3. The van der Waals surface area contributed by atoms with Crippen LogP contribution in [0, 0.1) is 0 Å². The van der Waals surface area contributed by atoms with E-state index in [4.69, 9.17) is 10.5 Å². The lowest BCUT2D eigenvalue weighted by Gasteiger charge is -2.25. The summed E-state index contributed by atoms with van der Waals surface area (Å²) < 4.78 is 5.41. The van der Waals surface area contributed by atoms with Crippen molar-refractivity contribution >= 4 is 0 Å². The smallest absolute Gasteiger partial charge is 0.122 e. The molecule has 0 spiro atoms. The molecule has 20 heavy (non-hydrogen) atoms. The first-order chi connectivity index (χ1) is 9.31. The van der Waals surface area contributed by atoms with Crippen LogP contribution in [0.3, 0.4) is 0 Å². The van der Waals surface area contributed by atoms with Gasteiger partial charge in [-0.1, -0.05) is 26.8 Å². The Balaban J connectivity index is 3.02. The molecule has 0 fully saturated rings. The van der Waals surface area contributed by atoms with Gasteiger partial charge in [0.05, 0.1) is 13.2 Å². The summed E-state index contributed by atoms with van der Waals surface area (Å²) in [5, 5.41) is 13.4. The Hall–Kier alpha value is -1.10. The van der Waals surface area contributed by atoms with Gasteiger partial charge in [-0.25, -0.2) is 0 Å². The summed E-state index contributed by atoms with van der Waals surface area (Å²) in [6, 6.07) is 5.52. The second kappa shape index (κ2) is 7.07. The number of aliphatic hydroxyl groups excluding tert-OH is 1. The lowest BCUT2D eigenvalue weighted by atomic mass is 9.84. The van der Waals surface area contributed by atoms with Crippen LogP contribution in [0.25, 0.3) is 0 Å². The Morgan fingerprint density at radius 1 is 1.35 bits per heavy atom. The quantitative estimate of drug-likeness (QED) is 0.745. The number of rotatable bonds is 6. The van der Waals surface area contributed by atoms with Gasteiger partial charge in [0.2, 0.25) is 0 Å². The summed E-state index contributed by atoms with van der Waals surface area (Å²) in [7, 11) is 3.55. The van der Waals surface area contributed by atoms with Gasteiger partial charge in [0.1, 0.15) is 5.75 Å². The van der Waals surface area contributed by atoms with Crippen LogP contribution in [0.1, 0.15) is 44.4 Å². The molecule has 0 aliphatic carbocycles. The zero-order valence-corrected chi connectivity index (χ0v) is 13.2. The van der Waals surface area contributed by atoms with Gasteiger partial charge >= 0.3 is 0 Å². The first-order valence-electron chi connectivity index (χ1n) is 7.08. The fraction of sp³-hybridized carbons (Fsp3) is 0.625. The number of ether oxygens (including phenoxy) is 1. The zero-order valence-electron chi connectivity index (χ0n) is 13.2. The van der Waals surface area contributed by atoms with E-state index in [1.807, 2.05) is 25.2 Å². The maximum absolute atomic E-state index is 10.4. The van der Waals surface area contributed by atoms with Gasteiger partial charge in [-0.05, 0) is 48.7 Å². The maximum atomic E-state index is 10.4. The van der Waals surface area contributed by atoms with Crippen molar-refractivity contribution in [2.24, 2.45) is 5.73 Å². The topological polar surface area (TPSA) is 67.5 Å². The number of hydrogen-bond donors (Lipinski definition) is 3. The van der Waals surface area contributed by atoms with E-state index in [9.17, 15) is 5.11 Å². The van der Waals surface area contributed by atoms with E-state index < -0.39 is 6.10 Å². The van der Waals surface area contributed by atoms with Crippen LogP contribution in [0.4, 0.5) is 0 Å². The molecule has 0 aliphatic rings. The van der Waals surface area contributed by atoms with Gasteiger partial charge < -0.3 is 20.9 Å². The highest BCUT2D eigenvalue weighted by Crippen LogP contribution is 2.34. The van der Waals surface area contributed by atoms with Crippen molar-refractivity contribution in [3.05, 3.63) is 29.3 Å². The summed E-state index contributed by atoms with van der Waals surface area (Å²) in [6.45, 7) is 7.17. The van der Waals surface area contributed by atoms with E-state index in [1.165, 1.54) is 0 Å². The van der Waals surface area contributed by atoms with E-state index in [0.717, 1.165) is 29.8 Å². The minimum atomic E-state index is -0.657. The van der Waals surface area contributed by atoms with E-state index >= 15 is 0 Å². The van der Waals surface area contributed by atoms with Crippen LogP contribution in [0.2, 0.25) is 0 Å². The number of nitrogens with one attached hydrogen (secondary N) is 1. The van der Waals surface area contributed by atoms with Gasteiger partial charge in [0.25, 0.3) is 0 Å². The standard InChI is InChI=1S/C16H28N2O2/c1-16(2,3)12-10-11(6-7-14(12)20-5)15(19)13(17)8-9-18-4/h6-7,10,13,15,18-19H,8-9,17H2,1-5H3. The molecule has 1 rings (SSSR count). The normalized spacial score (nSPS) is 14.9. The lowest BCUT2D eigenvalue weighted by Crippen LogP contribution is -2.31. The molecule has 0 radical (unpaired) electrons. The molecular weight excluding hydrogens is 252 g/mol. The van der Waals surface area contributed by atoms with Crippen molar-refractivity contribution in [1.29, 1.82) is 0 Å². The molecule has 2 unspecified atom stereocenters. The van der Waals surface area contributed by atoms with Crippen LogP contribution >= 0.6 is 0 Å². The average molecular weight is 280 g/mol. The van der Waals surface area contributed by atoms with Crippen molar-refractivity contribution < 1.29 is 9.84 Å². The van der Waals surface area contributed by atoms with Crippen LogP contribution in [-0.4, -0.2) is 31.9 Å². The van der Waals surface area contributed by atoms with Crippen LogP contribution < -0.4 is 15.8 Å². The maximum Gasteiger partial charge on any atom is 0.122 e. The Morgan fingerprint density at radius 3 is 2.50 bits per heavy atom. The molecule has 0 aliphatic heterocycles. The molecule has 0 saturated carbocycles. The van der Waals surface area contributed by atoms with Gasteiger partial charge in [0.15, 0.2) is 0 Å². The molecule has 4 N–H and O–H groups in total. The highest BCUT2D eigenvalue weighted by atomic mass is 16.5. The number of benzene rings is 1. The molecule has 0 saturated heterocycles. The third kappa shape index (κ3) is 4.20. The molecule has 4 nitrogen and oxygen atoms in total. The van der Waals surface area contributed by atoms with Crippen molar-refractivity contribution in [3.8, 4) is 5.75 Å². The SMILES string of the molecule is CNCCC(N)C(O)c1ccc(OC)c(C(C)(C)C)c1. The fourth-order valence-electron chi connectivity index (χ4n) is 2.21. The van der Waals surface area contributed by atoms with E-state index in [2.05, 4.69) is 26.1 Å². The van der Waals surface area contributed by atoms with Crippen LogP contribution in [0.15, 0.2) is 18.2 Å². The molecule has 0 amide bonds. The number of aliphatic hydroxyl groups is 1. The fourth-order valence-corrected chi connectivity index (χ4v) is 2.21. The van der Waals surface area contributed by atoms with Crippen molar-refractivity contribution in [1.82, 2.24) is 5.32 Å². The van der Waals surface area contributed by atoms with Crippen molar-refractivity contribution in [2.75, 3.05) is 20.7 Å². The summed E-state index contributed by atoms with van der Waals surface area (Å²) in [5.74, 6) is 0.845. The Bertz CT molecular complexity index is 427. The summed E-state index contributed by atoms with van der Waals surface area (Å²) in [6.07, 6.45) is 0.0736. The van der Waals surface area contributed by atoms with Gasteiger partial charge in [-0.15, -0.1) is 0 Å². The third-order valence-corrected chi connectivity index (χ3v) is 3.51.